The van der Waals surface area contributed by atoms with E-state index in [4.69, 9.17) is 11.7 Å². The van der Waals surface area contributed by atoms with E-state index < -0.39 is 4.92 Å². The number of nitro benzene ring substituents is 1. The Bertz CT molecular complexity index is 439. The van der Waals surface area contributed by atoms with Crippen LogP contribution in [0, 0.1) is 10.1 Å². The fourth-order valence-corrected chi connectivity index (χ4v) is 1.78. The predicted octanol–water partition coefficient (Wildman–Crippen LogP) is 0.748. The highest BCUT2D eigenvalue weighted by molar-refractivity contribution is 9.08. The summed E-state index contributed by atoms with van der Waals surface area (Å²) in [6.07, 6.45) is 0.528. The van der Waals surface area contributed by atoms with Gasteiger partial charge in [-0.25, -0.2) is 11.7 Å². The number of carbonyl (C=O) groups is 1. The first-order valence-corrected chi connectivity index (χ1v) is 6.20. The van der Waals surface area contributed by atoms with Gasteiger partial charge in [0, 0.05) is 25.5 Å². The molecular formula is C10H16BrN5O3. The van der Waals surface area contributed by atoms with E-state index >= 15 is 0 Å². The van der Waals surface area contributed by atoms with Gasteiger partial charge in [-0.3, -0.25) is 19.9 Å². The number of hydrazine groups is 2. The van der Waals surface area contributed by atoms with Crippen LogP contribution >= 0.6 is 15.9 Å². The van der Waals surface area contributed by atoms with Crippen LogP contribution < -0.4 is 16.7 Å². The maximum absolute atomic E-state index is 10.7. The Labute approximate surface area is 119 Å². The van der Waals surface area contributed by atoms with Crippen LogP contribution in [0.3, 0.4) is 0 Å². The van der Waals surface area contributed by atoms with Crippen LogP contribution in [0.4, 0.5) is 11.4 Å². The highest BCUT2D eigenvalue weighted by atomic mass is 79.9. The zero-order valence-corrected chi connectivity index (χ0v) is 12.2. The third-order valence-corrected chi connectivity index (χ3v) is 2.56. The molecule has 0 saturated heterocycles. The van der Waals surface area contributed by atoms with Crippen LogP contribution in [0.1, 0.15) is 5.56 Å². The first-order chi connectivity index (χ1) is 8.84. The molecule has 0 aliphatic rings. The summed E-state index contributed by atoms with van der Waals surface area (Å²) in [6, 6.07) is 4.82. The van der Waals surface area contributed by atoms with Crippen LogP contribution in [0.25, 0.3) is 0 Å². The largest absolute Gasteiger partial charge is 0.314 e. The lowest BCUT2D eigenvalue weighted by Gasteiger charge is -2.15. The number of halogens is 1. The first-order valence-electron chi connectivity index (χ1n) is 5.08. The molecule has 1 rings (SSSR count). The number of nitrogens with zero attached hydrogens (tertiary/aromatic N) is 3. The Hall–Kier alpha value is -1.71. The molecule has 8 nitrogen and oxygen atoms in total. The lowest BCUT2D eigenvalue weighted by atomic mass is 10.1. The van der Waals surface area contributed by atoms with Crippen LogP contribution in [-0.2, 0) is 10.1 Å². The van der Waals surface area contributed by atoms with Crippen molar-refractivity contribution in [3.05, 3.63) is 33.9 Å². The number of nitrogens with two attached hydrogens (primary N) is 2. The molecule has 0 aliphatic heterocycles. The van der Waals surface area contributed by atoms with Crippen molar-refractivity contribution in [1.29, 1.82) is 0 Å². The zero-order chi connectivity index (χ0) is 15.0. The standard InChI is InChI=1S/C8H10BrN3O2.C2H6N2O/c1-11(10)7-3-2-4-8(12(13)14)6(7)5-9;1-4(3)2-5/h2-4H,5,10H2,1H3;2H,3H2,1H3. The maximum Gasteiger partial charge on any atom is 0.275 e. The normalized spacial score (nSPS) is 9.11. The Kier molecular flexibility index (Phi) is 7.65. The summed E-state index contributed by atoms with van der Waals surface area (Å²) in [7, 11) is 3.11. The number of benzene rings is 1. The summed E-state index contributed by atoms with van der Waals surface area (Å²) in [6.45, 7) is 0. The summed E-state index contributed by atoms with van der Waals surface area (Å²) in [4.78, 5) is 19.6. The zero-order valence-electron chi connectivity index (χ0n) is 10.6. The average molecular weight is 334 g/mol. The van der Waals surface area contributed by atoms with E-state index in [0.717, 1.165) is 5.01 Å². The monoisotopic (exact) mass is 333 g/mol. The Morgan fingerprint density at radius 1 is 1.42 bits per heavy atom. The second-order valence-corrected chi connectivity index (χ2v) is 4.11. The van der Waals surface area contributed by atoms with Crippen LogP contribution in [0.5, 0.6) is 0 Å². The highest BCUT2D eigenvalue weighted by Crippen LogP contribution is 2.29. The molecule has 1 amide bonds. The Morgan fingerprint density at radius 3 is 2.26 bits per heavy atom. The summed E-state index contributed by atoms with van der Waals surface area (Å²) >= 11 is 3.21. The van der Waals surface area contributed by atoms with Gasteiger partial charge in [0.05, 0.1) is 16.2 Å². The van der Waals surface area contributed by atoms with Gasteiger partial charge in [0.2, 0.25) is 6.41 Å². The van der Waals surface area contributed by atoms with Gasteiger partial charge in [-0.15, -0.1) is 0 Å². The van der Waals surface area contributed by atoms with Crippen molar-refractivity contribution in [3.63, 3.8) is 0 Å². The number of alkyl halides is 1. The highest BCUT2D eigenvalue weighted by Gasteiger charge is 2.17. The SMILES string of the molecule is CN(N)C=O.CN(N)c1cccc([N+](=O)[O-])c1CBr. The molecular weight excluding hydrogens is 318 g/mol. The maximum atomic E-state index is 10.7. The molecule has 0 atom stereocenters. The molecule has 0 radical (unpaired) electrons. The Morgan fingerprint density at radius 2 is 1.95 bits per heavy atom. The summed E-state index contributed by atoms with van der Waals surface area (Å²) in [5.41, 5.74) is 1.32. The van der Waals surface area contributed by atoms with Gasteiger partial charge in [0.15, 0.2) is 0 Å². The van der Waals surface area contributed by atoms with Crippen molar-refractivity contribution in [2.24, 2.45) is 11.7 Å². The molecule has 0 heterocycles. The molecule has 0 bridgehead atoms. The fourth-order valence-electron chi connectivity index (χ4n) is 1.20. The van der Waals surface area contributed by atoms with Gasteiger partial charge in [0.25, 0.3) is 5.69 Å². The number of hydrogen-bond acceptors (Lipinski definition) is 6. The van der Waals surface area contributed by atoms with E-state index in [1.165, 1.54) is 18.1 Å². The summed E-state index contributed by atoms with van der Waals surface area (Å²) in [5, 5.41) is 13.4. The molecule has 19 heavy (non-hydrogen) atoms. The van der Waals surface area contributed by atoms with Crippen molar-refractivity contribution < 1.29 is 9.72 Å². The van der Waals surface area contributed by atoms with E-state index in [0.29, 0.717) is 23.0 Å². The number of nitro groups is 1. The fraction of sp³-hybridized carbons (Fsp3) is 0.300. The van der Waals surface area contributed by atoms with Gasteiger partial charge in [-0.1, -0.05) is 22.0 Å². The minimum absolute atomic E-state index is 0.0803. The smallest absolute Gasteiger partial charge is 0.275 e. The van der Waals surface area contributed by atoms with Crippen molar-refractivity contribution in [2.75, 3.05) is 19.1 Å². The molecule has 0 aromatic heterocycles. The van der Waals surface area contributed by atoms with Crippen molar-refractivity contribution in [3.8, 4) is 0 Å². The van der Waals surface area contributed by atoms with E-state index in [1.54, 1.807) is 19.2 Å². The molecule has 9 heteroatoms. The third kappa shape index (κ3) is 5.64. The van der Waals surface area contributed by atoms with Crippen LogP contribution in [0.2, 0.25) is 0 Å². The molecule has 0 spiro atoms. The molecule has 0 aliphatic carbocycles. The summed E-state index contributed by atoms with van der Waals surface area (Å²) < 4.78 is 0. The number of rotatable bonds is 4. The third-order valence-electron chi connectivity index (χ3n) is 2.00. The minimum atomic E-state index is -0.413. The number of hydrogen-bond donors (Lipinski definition) is 2. The van der Waals surface area contributed by atoms with Gasteiger partial charge in [0.1, 0.15) is 0 Å². The number of carbonyl (C=O) groups excluding carboxylic acids is 1. The van der Waals surface area contributed by atoms with Crippen LogP contribution in [0.15, 0.2) is 18.2 Å². The Balaban J connectivity index is 0.000000555. The number of amides is 1. The van der Waals surface area contributed by atoms with Crippen molar-refractivity contribution in [1.82, 2.24) is 5.01 Å². The molecule has 0 unspecified atom stereocenters. The molecule has 4 N–H and O–H groups in total. The molecule has 106 valence electrons. The topological polar surface area (TPSA) is 119 Å². The summed E-state index contributed by atoms with van der Waals surface area (Å²) in [5.74, 6) is 10.3. The minimum Gasteiger partial charge on any atom is -0.314 e. The van der Waals surface area contributed by atoms with Gasteiger partial charge in [-0.2, -0.15) is 0 Å². The predicted molar refractivity (Wildman–Crippen MR) is 76.3 cm³/mol. The second-order valence-electron chi connectivity index (χ2n) is 3.55. The second kappa shape index (κ2) is 8.40. The van der Waals surface area contributed by atoms with Crippen molar-refractivity contribution >= 4 is 33.7 Å². The van der Waals surface area contributed by atoms with Crippen molar-refractivity contribution in [2.45, 2.75) is 5.33 Å². The first kappa shape index (κ1) is 17.3. The number of anilines is 1. The molecule has 0 saturated carbocycles. The van der Waals surface area contributed by atoms with E-state index in [-0.39, 0.29) is 5.69 Å². The lowest BCUT2D eigenvalue weighted by molar-refractivity contribution is -0.385. The average Bonchev–Trinajstić information content (AvgIpc) is 2.37. The molecule has 1 aromatic carbocycles. The van der Waals surface area contributed by atoms with Gasteiger partial charge >= 0.3 is 0 Å². The molecule has 0 fully saturated rings. The molecule has 1 aromatic rings. The van der Waals surface area contributed by atoms with E-state index in [9.17, 15) is 14.9 Å². The lowest BCUT2D eigenvalue weighted by Crippen LogP contribution is -2.26. The van der Waals surface area contributed by atoms with E-state index in [1.807, 2.05) is 0 Å². The van der Waals surface area contributed by atoms with Gasteiger partial charge in [-0.05, 0) is 6.07 Å². The quantitative estimate of drug-likeness (QED) is 0.209. The van der Waals surface area contributed by atoms with Crippen LogP contribution in [-0.4, -0.2) is 30.4 Å². The van der Waals surface area contributed by atoms with E-state index in [2.05, 4.69) is 15.9 Å². The van der Waals surface area contributed by atoms with Gasteiger partial charge < -0.3 is 5.01 Å².